The first-order valence-corrected chi connectivity index (χ1v) is 6.98. The molecule has 0 saturated heterocycles. The van der Waals surface area contributed by atoms with Crippen molar-refractivity contribution in [1.82, 2.24) is 5.32 Å². The highest BCUT2D eigenvalue weighted by Crippen LogP contribution is 2.26. The first-order chi connectivity index (χ1) is 10.9. The Morgan fingerprint density at radius 3 is 2.57 bits per heavy atom. The second-order valence-corrected chi connectivity index (χ2v) is 5.12. The first kappa shape index (κ1) is 16.8. The van der Waals surface area contributed by atoms with Crippen molar-refractivity contribution in [3.05, 3.63) is 69.0 Å². The van der Waals surface area contributed by atoms with Gasteiger partial charge in [0.1, 0.15) is 5.82 Å². The molecule has 9 heteroatoms. The Labute approximate surface area is 140 Å². The van der Waals surface area contributed by atoms with E-state index < -0.39 is 16.6 Å². The lowest BCUT2D eigenvalue weighted by molar-refractivity contribution is -0.384. The zero-order valence-corrected chi connectivity index (χ0v) is 13.0. The van der Waals surface area contributed by atoms with E-state index in [2.05, 4.69) is 10.6 Å². The maximum absolute atomic E-state index is 13.5. The maximum atomic E-state index is 13.5. The SMILES string of the molecule is O=C(NC(=S)Nc1ccc([N+](=O)[O-])cc1Cl)c1ccccc1F. The molecular weight excluding hydrogens is 345 g/mol. The van der Waals surface area contributed by atoms with Crippen molar-refractivity contribution in [3.63, 3.8) is 0 Å². The van der Waals surface area contributed by atoms with Gasteiger partial charge in [-0.3, -0.25) is 20.2 Å². The summed E-state index contributed by atoms with van der Waals surface area (Å²) < 4.78 is 13.5. The molecule has 0 saturated carbocycles. The standard InChI is InChI=1S/C14H9ClFN3O3S/c15-10-7-8(19(21)22)5-6-12(10)17-14(23)18-13(20)9-3-1-2-4-11(9)16/h1-7H,(H2,17,18,20,23). The molecule has 1 amide bonds. The maximum Gasteiger partial charge on any atom is 0.271 e. The summed E-state index contributed by atoms with van der Waals surface area (Å²) in [6, 6.07) is 9.16. The lowest BCUT2D eigenvalue weighted by atomic mass is 10.2. The van der Waals surface area contributed by atoms with Crippen molar-refractivity contribution in [3.8, 4) is 0 Å². The normalized spacial score (nSPS) is 10.0. The second kappa shape index (κ2) is 7.12. The minimum Gasteiger partial charge on any atom is -0.331 e. The summed E-state index contributed by atoms with van der Waals surface area (Å²) in [5.41, 5.74) is -0.0654. The van der Waals surface area contributed by atoms with Crippen LogP contribution in [-0.2, 0) is 0 Å². The Hall–Kier alpha value is -2.58. The zero-order chi connectivity index (χ0) is 17.0. The van der Waals surface area contributed by atoms with E-state index in [0.29, 0.717) is 0 Å². The number of carbonyl (C=O) groups is 1. The zero-order valence-electron chi connectivity index (χ0n) is 11.4. The van der Waals surface area contributed by atoms with E-state index in [0.717, 1.165) is 12.1 Å². The number of anilines is 1. The number of hydrogen-bond acceptors (Lipinski definition) is 4. The molecule has 0 bridgehead atoms. The van der Waals surface area contributed by atoms with Gasteiger partial charge >= 0.3 is 0 Å². The third-order valence-electron chi connectivity index (χ3n) is 2.76. The van der Waals surface area contributed by atoms with Crippen molar-refractivity contribution in [2.24, 2.45) is 0 Å². The number of rotatable bonds is 3. The Balaban J connectivity index is 2.07. The fourth-order valence-electron chi connectivity index (χ4n) is 1.69. The topological polar surface area (TPSA) is 84.3 Å². The number of nitro benzene ring substituents is 1. The van der Waals surface area contributed by atoms with E-state index in [1.807, 2.05) is 0 Å². The molecular formula is C14H9ClFN3O3S. The molecule has 23 heavy (non-hydrogen) atoms. The van der Waals surface area contributed by atoms with Crippen LogP contribution in [0.1, 0.15) is 10.4 Å². The van der Waals surface area contributed by atoms with E-state index in [9.17, 15) is 19.3 Å². The van der Waals surface area contributed by atoms with Gasteiger partial charge in [0, 0.05) is 12.1 Å². The Kier molecular flexibility index (Phi) is 5.20. The predicted octanol–water partition coefficient (Wildman–Crippen LogP) is 3.51. The lowest BCUT2D eigenvalue weighted by Gasteiger charge is -2.11. The van der Waals surface area contributed by atoms with Gasteiger partial charge in [0.2, 0.25) is 0 Å². The van der Waals surface area contributed by atoms with Crippen LogP contribution in [0.5, 0.6) is 0 Å². The molecule has 6 nitrogen and oxygen atoms in total. The van der Waals surface area contributed by atoms with Crippen LogP contribution >= 0.6 is 23.8 Å². The van der Waals surface area contributed by atoms with Crippen LogP contribution in [0.4, 0.5) is 15.8 Å². The van der Waals surface area contributed by atoms with Crippen molar-refractivity contribution < 1.29 is 14.1 Å². The number of thiocarbonyl (C=S) groups is 1. The van der Waals surface area contributed by atoms with Gasteiger partial charge in [-0.2, -0.15) is 0 Å². The molecule has 0 heterocycles. The molecule has 0 aromatic heterocycles. The van der Waals surface area contributed by atoms with E-state index in [1.54, 1.807) is 0 Å². The highest BCUT2D eigenvalue weighted by atomic mass is 35.5. The summed E-state index contributed by atoms with van der Waals surface area (Å²) in [5, 5.41) is 15.5. The summed E-state index contributed by atoms with van der Waals surface area (Å²) >= 11 is 10.8. The number of nitrogens with zero attached hydrogens (tertiary/aromatic N) is 1. The summed E-state index contributed by atoms with van der Waals surface area (Å²) in [6.45, 7) is 0. The summed E-state index contributed by atoms with van der Waals surface area (Å²) in [4.78, 5) is 21.9. The molecule has 2 rings (SSSR count). The van der Waals surface area contributed by atoms with Crippen LogP contribution < -0.4 is 10.6 Å². The Morgan fingerprint density at radius 2 is 1.96 bits per heavy atom. The number of amides is 1. The van der Waals surface area contributed by atoms with E-state index >= 15 is 0 Å². The molecule has 0 spiro atoms. The number of halogens is 2. The predicted molar refractivity (Wildman–Crippen MR) is 88.2 cm³/mol. The quantitative estimate of drug-likeness (QED) is 0.501. The number of nitro groups is 1. The largest absolute Gasteiger partial charge is 0.331 e. The van der Waals surface area contributed by atoms with Gasteiger partial charge in [0.15, 0.2) is 5.11 Å². The summed E-state index contributed by atoms with van der Waals surface area (Å²) in [5.74, 6) is -1.40. The van der Waals surface area contributed by atoms with Crippen molar-refractivity contribution in [1.29, 1.82) is 0 Å². The van der Waals surface area contributed by atoms with Crippen molar-refractivity contribution >= 4 is 46.2 Å². The first-order valence-electron chi connectivity index (χ1n) is 6.19. The molecule has 0 fully saturated rings. The van der Waals surface area contributed by atoms with Gasteiger partial charge < -0.3 is 5.32 Å². The minimum absolute atomic E-state index is 0.0571. The van der Waals surface area contributed by atoms with Crippen molar-refractivity contribution in [2.45, 2.75) is 0 Å². The number of hydrogen-bond donors (Lipinski definition) is 2. The van der Waals surface area contributed by atoms with Crippen molar-refractivity contribution in [2.75, 3.05) is 5.32 Å². The molecule has 0 aliphatic rings. The van der Waals surface area contributed by atoms with Gasteiger partial charge in [-0.1, -0.05) is 23.7 Å². The molecule has 0 atom stereocenters. The molecule has 0 radical (unpaired) electrons. The molecule has 0 aliphatic heterocycles. The van der Waals surface area contributed by atoms with Crippen LogP contribution in [-0.4, -0.2) is 15.9 Å². The molecule has 0 aliphatic carbocycles. The third kappa shape index (κ3) is 4.21. The average molecular weight is 354 g/mol. The fourth-order valence-corrected chi connectivity index (χ4v) is 2.11. The Bertz CT molecular complexity index is 801. The van der Waals surface area contributed by atoms with E-state index in [4.69, 9.17) is 23.8 Å². The van der Waals surface area contributed by atoms with E-state index in [1.165, 1.54) is 30.3 Å². The van der Waals surface area contributed by atoms with Gasteiger partial charge in [0.25, 0.3) is 11.6 Å². The number of carbonyl (C=O) groups excluding carboxylic acids is 1. The molecule has 118 valence electrons. The number of benzene rings is 2. The summed E-state index contributed by atoms with van der Waals surface area (Å²) in [6.07, 6.45) is 0. The van der Waals surface area contributed by atoms with Crippen LogP contribution in [0.3, 0.4) is 0 Å². The average Bonchev–Trinajstić information content (AvgIpc) is 2.49. The van der Waals surface area contributed by atoms with Crippen LogP contribution in [0, 0.1) is 15.9 Å². The van der Waals surface area contributed by atoms with Gasteiger partial charge in [0.05, 0.1) is 21.2 Å². The molecule has 2 aromatic carbocycles. The Morgan fingerprint density at radius 1 is 1.26 bits per heavy atom. The highest BCUT2D eigenvalue weighted by Gasteiger charge is 2.14. The lowest BCUT2D eigenvalue weighted by Crippen LogP contribution is -2.34. The number of nitrogens with one attached hydrogen (secondary N) is 2. The van der Waals surface area contributed by atoms with Crippen LogP contribution in [0.15, 0.2) is 42.5 Å². The second-order valence-electron chi connectivity index (χ2n) is 4.31. The fraction of sp³-hybridized carbons (Fsp3) is 0. The summed E-state index contributed by atoms with van der Waals surface area (Å²) in [7, 11) is 0. The highest BCUT2D eigenvalue weighted by molar-refractivity contribution is 7.80. The van der Waals surface area contributed by atoms with Crippen LogP contribution in [0.25, 0.3) is 0 Å². The third-order valence-corrected chi connectivity index (χ3v) is 3.27. The van der Waals surface area contributed by atoms with Gasteiger partial charge in [-0.25, -0.2) is 4.39 Å². The van der Waals surface area contributed by atoms with Gasteiger partial charge in [-0.15, -0.1) is 0 Å². The van der Waals surface area contributed by atoms with E-state index in [-0.39, 0.29) is 27.1 Å². The minimum atomic E-state index is -0.723. The smallest absolute Gasteiger partial charge is 0.271 e. The van der Waals surface area contributed by atoms with Gasteiger partial charge in [-0.05, 0) is 30.4 Å². The molecule has 2 aromatic rings. The van der Waals surface area contributed by atoms with Crippen LogP contribution in [0.2, 0.25) is 5.02 Å². The molecule has 2 N–H and O–H groups in total. The molecule has 0 unspecified atom stereocenters. The number of non-ortho nitro benzene ring substituents is 1. The monoisotopic (exact) mass is 353 g/mol.